The minimum atomic E-state index is -0.394. The maximum Gasteiger partial charge on any atom is 0.107 e. The van der Waals surface area contributed by atoms with Gasteiger partial charge in [0.2, 0.25) is 0 Å². The summed E-state index contributed by atoms with van der Waals surface area (Å²) < 4.78 is 11.7. The van der Waals surface area contributed by atoms with Crippen molar-refractivity contribution < 1.29 is 4.39 Å². The molecule has 0 amide bonds. The summed E-state index contributed by atoms with van der Waals surface area (Å²) in [4.78, 5) is 0. The van der Waals surface area contributed by atoms with Crippen LogP contribution in [0.2, 0.25) is 5.02 Å². The second kappa shape index (κ2) is 4.19. The summed E-state index contributed by atoms with van der Waals surface area (Å²) in [5, 5.41) is 3.41. The van der Waals surface area contributed by atoms with Gasteiger partial charge in [-0.3, -0.25) is 0 Å². The smallest absolute Gasteiger partial charge is 0.107 e. The van der Waals surface area contributed by atoms with Crippen LogP contribution >= 0.6 is 11.6 Å². The second-order valence-corrected chi connectivity index (χ2v) is 2.43. The van der Waals surface area contributed by atoms with E-state index in [2.05, 4.69) is 11.4 Å². The summed E-state index contributed by atoms with van der Waals surface area (Å²) in [5.74, 6) is 0. The molecule has 1 N–H and O–H groups in total. The molecule has 3 heteroatoms. The molecule has 1 aromatic carbocycles. The van der Waals surface area contributed by atoms with Crippen LogP contribution in [0, 0.1) is 6.07 Å². The first kappa shape index (κ1) is 8.34. The third-order valence-electron chi connectivity index (χ3n) is 1.22. The second-order valence-electron chi connectivity index (χ2n) is 2.02. The number of halogens is 2. The van der Waals surface area contributed by atoms with Crippen LogP contribution in [0.15, 0.2) is 18.2 Å². The molecule has 1 rings (SSSR count). The molecule has 0 unspecified atom stereocenters. The van der Waals surface area contributed by atoms with E-state index >= 15 is 0 Å². The molecule has 0 aliphatic heterocycles. The molecular weight excluding hydrogens is 165 g/mol. The van der Waals surface area contributed by atoms with Crippen LogP contribution in [-0.2, 0) is 0 Å². The SMILES string of the molecule is FCCNc1cc[c]cc1Cl. The van der Waals surface area contributed by atoms with Gasteiger partial charge < -0.3 is 5.32 Å². The normalized spacial score (nSPS) is 9.64. The number of benzene rings is 1. The van der Waals surface area contributed by atoms with Gasteiger partial charge in [-0.2, -0.15) is 0 Å². The Hall–Kier alpha value is -0.760. The Morgan fingerprint density at radius 1 is 1.64 bits per heavy atom. The monoisotopic (exact) mass is 172 g/mol. The minimum absolute atomic E-state index is 0.295. The van der Waals surface area contributed by atoms with E-state index < -0.39 is 6.67 Å². The van der Waals surface area contributed by atoms with E-state index in [1.165, 1.54) is 0 Å². The van der Waals surface area contributed by atoms with E-state index in [0.717, 1.165) is 5.69 Å². The van der Waals surface area contributed by atoms with Crippen molar-refractivity contribution in [1.29, 1.82) is 0 Å². The predicted molar refractivity (Wildman–Crippen MR) is 44.8 cm³/mol. The highest BCUT2D eigenvalue weighted by Crippen LogP contribution is 2.19. The van der Waals surface area contributed by atoms with E-state index in [1.807, 2.05) is 0 Å². The Bertz CT molecular complexity index is 227. The largest absolute Gasteiger partial charge is 0.381 e. The van der Waals surface area contributed by atoms with Gasteiger partial charge in [0, 0.05) is 6.54 Å². The Kier molecular flexibility index (Phi) is 3.17. The lowest BCUT2D eigenvalue weighted by Crippen LogP contribution is -2.02. The van der Waals surface area contributed by atoms with Crippen molar-refractivity contribution in [1.82, 2.24) is 0 Å². The van der Waals surface area contributed by atoms with Crippen LogP contribution < -0.4 is 5.32 Å². The van der Waals surface area contributed by atoms with Crippen LogP contribution in [0.1, 0.15) is 0 Å². The summed E-state index contributed by atoms with van der Waals surface area (Å²) in [6.07, 6.45) is 0. The average molecular weight is 173 g/mol. The van der Waals surface area contributed by atoms with Crippen molar-refractivity contribution in [3.05, 3.63) is 29.3 Å². The highest BCUT2D eigenvalue weighted by Gasteiger charge is 1.95. The number of rotatable bonds is 3. The van der Waals surface area contributed by atoms with Crippen molar-refractivity contribution >= 4 is 17.3 Å². The minimum Gasteiger partial charge on any atom is -0.381 e. The van der Waals surface area contributed by atoms with Gasteiger partial charge >= 0.3 is 0 Å². The Balaban J connectivity index is 2.62. The van der Waals surface area contributed by atoms with E-state index in [4.69, 9.17) is 11.6 Å². The molecule has 59 valence electrons. The zero-order valence-electron chi connectivity index (χ0n) is 5.90. The molecule has 0 aliphatic rings. The van der Waals surface area contributed by atoms with Crippen LogP contribution in [0.4, 0.5) is 10.1 Å². The van der Waals surface area contributed by atoms with Crippen molar-refractivity contribution in [3.63, 3.8) is 0 Å². The van der Waals surface area contributed by atoms with Gasteiger partial charge in [-0.15, -0.1) is 0 Å². The number of hydrogen-bond acceptors (Lipinski definition) is 1. The number of hydrogen-bond donors (Lipinski definition) is 1. The molecule has 0 fully saturated rings. The van der Waals surface area contributed by atoms with Gasteiger partial charge in [0.15, 0.2) is 0 Å². The summed E-state index contributed by atoms with van der Waals surface area (Å²) >= 11 is 5.74. The van der Waals surface area contributed by atoms with Crippen LogP contribution in [0.3, 0.4) is 0 Å². The van der Waals surface area contributed by atoms with Gasteiger partial charge in [0.05, 0.1) is 10.7 Å². The third-order valence-corrected chi connectivity index (χ3v) is 1.54. The lowest BCUT2D eigenvalue weighted by molar-refractivity contribution is 0.513. The Labute approximate surface area is 70.2 Å². The van der Waals surface area contributed by atoms with Gasteiger partial charge in [0.25, 0.3) is 0 Å². The predicted octanol–water partition coefficient (Wildman–Crippen LogP) is 2.52. The van der Waals surface area contributed by atoms with Crippen molar-refractivity contribution in [2.24, 2.45) is 0 Å². The molecule has 1 nitrogen and oxygen atoms in total. The zero-order chi connectivity index (χ0) is 8.10. The Morgan fingerprint density at radius 2 is 2.45 bits per heavy atom. The number of alkyl halides is 1. The van der Waals surface area contributed by atoms with Crippen LogP contribution in [0.25, 0.3) is 0 Å². The van der Waals surface area contributed by atoms with Gasteiger partial charge in [-0.05, 0) is 18.2 Å². The lowest BCUT2D eigenvalue weighted by Gasteiger charge is -2.04. The molecule has 1 radical (unpaired) electrons. The molecular formula is C8H8ClFN. The van der Waals surface area contributed by atoms with E-state index in [-0.39, 0.29) is 0 Å². The van der Waals surface area contributed by atoms with Crippen LogP contribution in [-0.4, -0.2) is 13.2 Å². The molecule has 11 heavy (non-hydrogen) atoms. The zero-order valence-corrected chi connectivity index (χ0v) is 6.66. The quantitative estimate of drug-likeness (QED) is 0.739. The highest BCUT2D eigenvalue weighted by molar-refractivity contribution is 6.33. The van der Waals surface area contributed by atoms with Gasteiger partial charge in [0.1, 0.15) is 6.67 Å². The van der Waals surface area contributed by atoms with Crippen molar-refractivity contribution in [2.75, 3.05) is 18.5 Å². The standard InChI is InChI=1S/C8H8ClFN/c9-7-3-1-2-4-8(7)11-6-5-10/h2-4,11H,5-6H2. The fraction of sp³-hybridized carbons (Fsp3) is 0.250. The molecule has 0 saturated heterocycles. The third kappa shape index (κ3) is 2.39. The molecule has 0 spiro atoms. The Morgan fingerprint density at radius 3 is 3.09 bits per heavy atom. The molecule has 0 aliphatic carbocycles. The van der Waals surface area contributed by atoms with E-state index in [1.54, 1.807) is 18.2 Å². The molecule has 0 heterocycles. The first-order valence-electron chi connectivity index (χ1n) is 3.30. The first-order chi connectivity index (χ1) is 5.34. The highest BCUT2D eigenvalue weighted by atomic mass is 35.5. The number of nitrogens with one attached hydrogen (secondary N) is 1. The van der Waals surface area contributed by atoms with Gasteiger partial charge in [-0.25, -0.2) is 4.39 Å². The summed E-state index contributed by atoms with van der Waals surface area (Å²) in [6.45, 7) is -0.0985. The summed E-state index contributed by atoms with van der Waals surface area (Å²) in [7, 11) is 0. The van der Waals surface area contributed by atoms with Crippen molar-refractivity contribution in [3.8, 4) is 0 Å². The molecule has 1 aromatic rings. The molecule has 0 atom stereocenters. The maximum absolute atomic E-state index is 11.7. The summed E-state index contributed by atoms with van der Waals surface area (Å²) in [6, 6.07) is 7.94. The molecule has 0 saturated carbocycles. The fourth-order valence-corrected chi connectivity index (χ4v) is 0.928. The van der Waals surface area contributed by atoms with Gasteiger partial charge in [-0.1, -0.05) is 17.7 Å². The lowest BCUT2D eigenvalue weighted by atomic mass is 10.3. The number of anilines is 1. The van der Waals surface area contributed by atoms with Crippen LogP contribution in [0.5, 0.6) is 0 Å². The molecule has 0 bridgehead atoms. The average Bonchev–Trinajstić information content (AvgIpc) is 2.03. The molecule has 0 aromatic heterocycles. The first-order valence-corrected chi connectivity index (χ1v) is 3.68. The maximum atomic E-state index is 11.7. The van der Waals surface area contributed by atoms with Crippen molar-refractivity contribution in [2.45, 2.75) is 0 Å². The summed E-state index contributed by atoms with van der Waals surface area (Å²) in [5.41, 5.74) is 0.753. The fourth-order valence-electron chi connectivity index (χ4n) is 0.735. The van der Waals surface area contributed by atoms with E-state index in [0.29, 0.717) is 11.6 Å². The van der Waals surface area contributed by atoms with E-state index in [9.17, 15) is 4.39 Å². The topological polar surface area (TPSA) is 12.0 Å².